The maximum atomic E-state index is 12.6. The van der Waals surface area contributed by atoms with Crippen LogP contribution in [0, 0.1) is 12.3 Å². The number of hydrogen-bond acceptors (Lipinski definition) is 5. The summed E-state index contributed by atoms with van der Waals surface area (Å²) in [7, 11) is 0. The lowest BCUT2D eigenvalue weighted by molar-refractivity contribution is -0.117. The van der Waals surface area contributed by atoms with Gasteiger partial charge in [0.2, 0.25) is 5.91 Å². The summed E-state index contributed by atoms with van der Waals surface area (Å²) in [5.41, 5.74) is 10.7. The van der Waals surface area contributed by atoms with Gasteiger partial charge in [0.1, 0.15) is 5.69 Å². The van der Waals surface area contributed by atoms with Gasteiger partial charge in [-0.1, -0.05) is 24.3 Å². The van der Waals surface area contributed by atoms with Crippen LogP contribution in [0.25, 0.3) is 22.4 Å². The van der Waals surface area contributed by atoms with Gasteiger partial charge in [-0.15, -0.1) is 10.2 Å². The van der Waals surface area contributed by atoms with Gasteiger partial charge in [0, 0.05) is 23.1 Å². The number of benzene rings is 1. The number of carbonyl (C=O) groups excluding carboxylic acids is 1. The maximum absolute atomic E-state index is 12.6. The number of carbonyl (C=O) groups is 1. The minimum Gasteiger partial charge on any atom is -0.322 e. The predicted octanol–water partition coefficient (Wildman–Crippen LogP) is 5.79. The first-order chi connectivity index (χ1) is 14.9. The van der Waals surface area contributed by atoms with E-state index < -0.39 is 5.54 Å². The standard InChI is InChI=1S/C25H29N4OS/c1-25(2,26)20-10-8-18(9-11-20)24-21(19-12-13-31-16-19)15-22(28-29-24)27-23(30)14-17-6-4-3-5-7-17/h3,8-13,15-17H,4-7,14,26H2,1-2H3,(H,27,28,30). The highest BCUT2D eigenvalue weighted by Crippen LogP contribution is 2.34. The lowest BCUT2D eigenvalue weighted by atomic mass is 9.87. The van der Waals surface area contributed by atoms with Crippen LogP contribution in [0.1, 0.15) is 51.5 Å². The molecule has 0 saturated heterocycles. The van der Waals surface area contributed by atoms with Gasteiger partial charge in [-0.2, -0.15) is 11.3 Å². The molecule has 1 radical (unpaired) electrons. The molecule has 3 aromatic rings. The fourth-order valence-electron chi connectivity index (χ4n) is 4.02. The number of rotatable bonds is 6. The Morgan fingerprint density at radius 1 is 1.13 bits per heavy atom. The Labute approximate surface area is 188 Å². The molecule has 4 rings (SSSR count). The summed E-state index contributed by atoms with van der Waals surface area (Å²) in [4.78, 5) is 12.6. The lowest BCUT2D eigenvalue weighted by Crippen LogP contribution is -2.28. The monoisotopic (exact) mass is 433 g/mol. The lowest BCUT2D eigenvalue weighted by Gasteiger charge is -2.20. The molecule has 1 fully saturated rings. The first-order valence-corrected chi connectivity index (χ1v) is 11.8. The normalized spacial score (nSPS) is 15.1. The molecule has 2 aromatic heterocycles. The van der Waals surface area contributed by atoms with Gasteiger partial charge in [0.15, 0.2) is 5.82 Å². The molecule has 1 saturated carbocycles. The van der Waals surface area contributed by atoms with E-state index in [1.807, 2.05) is 49.6 Å². The highest BCUT2D eigenvalue weighted by Gasteiger charge is 2.19. The van der Waals surface area contributed by atoms with Crippen molar-refractivity contribution in [3.63, 3.8) is 0 Å². The molecule has 31 heavy (non-hydrogen) atoms. The summed E-state index contributed by atoms with van der Waals surface area (Å²) in [6.07, 6.45) is 7.25. The van der Waals surface area contributed by atoms with Gasteiger partial charge in [-0.05, 0) is 85.9 Å². The van der Waals surface area contributed by atoms with Crippen molar-refractivity contribution in [2.75, 3.05) is 5.32 Å². The van der Waals surface area contributed by atoms with E-state index >= 15 is 0 Å². The zero-order chi connectivity index (χ0) is 21.8. The van der Waals surface area contributed by atoms with Gasteiger partial charge in [0.25, 0.3) is 0 Å². The van der Waals surface area contributed by atoms with Crippen molar-refractivity contribution in [3.8, 4) is 22.4 Å². The molecule has 5 nitrogen and oxygen atoms in total. The average Bonchev–Trinajstić information content (AvgIpc) is 3.29. The summed E-state index contributed by atoms with van der Waals surface area (Å²) in [6.45, 7) is 3.98. The van der Waals surface area contributed by atoms with E-state index in [9.17, 15) is 4.79 Å². The summed E-state index contributed by atoms with van der Waals surface area (Å²) in [5, 5.41) is 15.9. The second-order valence-corrected chi connectivity index (χ2v) is 9.64. The Balaban J connectivity index is 1.59. The Morgan fingerprint density at radius 3 is 2.52 bits per heavy atom. The summed E-state index contributed by atoms with van der Waals surface area (Å²) in [6, 6.07) is 12.1. The molecule has 161 valence electrons. The van der Waals surface area contributed by atoms with Crippen LogP contribution >= 0.6 is 11.3 Å². The number of aromatic nitrogens is 2. The fraction of sp³-hybridized carbons (Fsp3) is 0.360. The molecule has 2 heterocycles. The second-order valence-electron chi connectivity index (χ2n) is 8.86. The largest absolute Gasteiger partial charge is 0.322 e. The summed E-state index contributed by atoms with van der Waals surface area (Å²) in [5.74, 6) is 0.968. The van der Waals surface area contributed by atoms with Crippen molar-refractivity contribution in [1.82, 2.24) is 10.2 Å². The molecule has 1 aromatic carbocycles. The molecule has 0 unspecified atom stereocenters. The van der Waals surface area contributed by atoms with Crippen LogP contribution in [0.4, 0.5) is 5.82 Å². The maximum Gasteiger partial charge on any atom is 0.225 e. The van der Waals surface area contributed by atoms with E-state index in [4.69, 9.17) is 5.73 Å². The number of thiophene rings is 1. The molecular weight excluding hydrogens is 404 g/mol. The molecule has 0 bridgehead atoms. The Kier molecular flexibility index (Phi) is 6.49. The van der Waals surface area contributed by atoms with Crippen molar-refractivity contribution < 1.29 is 4.79 Å². The van der Waals surface area contributed by atoms with Gasteiger partial charge in [0.05, 0.1) is 0 Å². The minimum absolute atomic E-state index is 0.0137. The van der Waals surface area contributed by atoms with Crippen molar-refractivity contribution in [2.45, 2.75) is 51.5 Å². The van der Waals surface area contributed by atoms with E-state index in [-0.39, 0.29) is 5.91 Å². The molecule has 1 aliphatic rings. The van der Waals surface area contributed by atoms with Crippen LogP contribution in [0.15, 0.2) is 47.2 Å². The van der Waals surface area contributed by atoms with Crippen molar-refractivity contribution >= 4 is 23.1 Å². The van der Waals surface area contributed by atoms with Crippen LogP contribution in [0.3, 0.4) is 0 Å². The van der Waals surface area contributed by atoms with Crippen LogP contribution in [-0.2, 0) is 10.3 Å². The molecule has 1 amide bonds. The van der Waals surface area contributed by atoms with Crippen molar-refractivity contribution in [1.29, 1.82) is 0 Å². The third-order valence-electron chi connectivity index (χ3n) is 5.83. The van der Waals surface area contributed by atoms with Gasteiger partial charge >= 0.3 is 0 Å². The first kappa shape index (κ1) is 21.7. The number of hydrogen-bond donors (Lipinski definition) is 2. The SMILES string of the molecule is CC(C)(N)c1ccc(-c2nnc(NC(=O)CC3CC[CH]CC3)cc2-c2ccsc2)cc1. The molecule has 0 atom stereocenters. The third kappa shape index (κ3) is 5.38. The minimum atomic E-state index is -0.398. The van der Waals surface area contributed by atoms with Gasteiger partial charge in [-0.3, -0.25) is 4.79 Å². The van der Waals surface area contributed by atoms with E-state index in [0.717, 1.165) is 53.6 Å². The molecule has 1 aliphatic carbocycles. The van der Waals surface area contributed by atoms with Crippen LogP contribution in [0.2, 0.25) is 0 Å². The summed E-state index contributed by atoms with van der Waals surface area (Å²) >= 11 is 1.63. The zero-order valence-corrected chi connectivity index (χ0v) is 18.9. The van der Waals surface area contributed by atoms with Crippen molar-refractivity contribution in [2.24, 2.45) is 11.7 Å². The molecule has 6 heteroatoms. The first-order valence-electron chi connectivity index (χ1n) is 10.8. The van der Waals surface area contributed by atoms with Gasteiger partial charge in [-0.25, -0.2) is 0 Å². The van der Waals surface area contributed by atoms with Gasteiger partial charge < -0.3 is 11.1 Å². The summed E-state index contributed by atoms with van der Waals surface area (Å²) < 4.78 is 0. The van der Waals surface area contributed by atoms with E-state index in [2.05, 4.69) is 33.4 Å². The number of anilines is 1. The molecular formula is C25H29N4OS. The molecule has 0 spiro atoms. The predicted molar refractivity (Wildman–Crippen MR) is 127 cm³/mol. The highest BCUT2D eigenvalue weighted by molar-refractivity contribution is 7.08. The third-order valence-corrected chi connectivity index (χ3v) is 6.51. The Bertz CT molecular complexity index is 1020. The zero-order valence-electron chi connectivity index (χ0n) is 18.1. The highest BCUT2D eigenvalue weighted by atomic mass is 32.1. The molecule has 0 aliphatic heterocycles. The Morgan fingerprint density at radius 2 is 1.87 bits per heavy atom. The van der Waals surface area contributed by atoms with Crippen LogP contribution < -0.4 is 11.1 Å². The van der Waals surface area contributed by atoms with Crippen molar-refractivity contribution in [3.05, 3.63) is 59.1 Å². The number of nitrogens with one attached hydrogen (secondary N) is 1. The van der Waals surface area contributed by atoms with E-state index in [1.165, 1.54) is 0 Å². The topological polar surface area (TPSA) is 80.9 Å². The Hall–Kier alpha value is -2.57. The number of nitrogens with two attached hydrogens (primary N) is 1. The average molecular weight is 434 g/mol. The second kappa shape index (κ2) is 9.28. The van der Waals surface area contributed by atoms with Crippen LogP contribution in [0.5, 0.6) is 0 Å². The number of nitrogens with zero attached hydrogens (tertiary/aromatic N) is 2. The fourth-order valence-corrected chi connectivity index (χ4v) is 4.67. The smallest absolute Gasteiger partial charge is 0.225 e. The van der Waals surface area contributed by atoms with E-state index in [1.54, 1.807) is 11.3 Å². The van der Waals surface area contributed by atoms with E-state index in [0.29, 0.717) is 18.2 Å². The number of amides is 1. The van der Waals surface area contributed by atoms with Crippen LogP contribution in [-0.4, -0.2) is 16.1 Å². The molecule has 3 N–H and O–H groups in total. The quantitative estimate of drug-likeness (QED) is 0.516.